The molecule has 0 amide bonds. The number of likely N-dealkylation sites (tertiary alicyclic amines) is 1. The fourth-order valence-electron chi connectivity index (χ4n) is 2.25. The van der Waals surface area contributed by atoms with E-state index in [4.69, 9.17) is 17.0 Å². The molecule has 1 aromatic rings. The van der Waals surface area contributed by atoms with Crippen LogP contribution in [-0.2, 0) is 4.74 Å². The van der Waals surface area contributed by atoms with Crippen LogP contribution in [0.5, 0.6) is 0 Å². The maximum absolute atomic E-state index is 5.64. The molecule has 1 aliphatic rings. The number of halogens is 1. The van der Waals surface area contributed by atoms with Crippen molar-refractivity contribution in [1.29, 1.82) is 0 Å². The molecule has 1 heterocycles. The highest BCUT2D eigenvalue weighted by Gasteiger charge is 2.13. The first-order valence-electron chi connectivity index (χ1n) is 6.42. The van der Waals surface area contributed by atoms with Gasteiger partial charge in [0.2, 0.25) is 0 Å². The van der Waals surface area contributed by atoms with E-state index in [1.165, 1.54) is 32.4 Å². The SMILES string of the molecule is S=C(OCC[NH+]1CCCCC1)c1ccccc1.[Cl-]. The minimum Gasteiger partial charge on any atom is -1.00 e. The van der Waals surface area contributed by atoms with E-state index in [1.54, 1.807) is 4.90 Å². The predicted molar refractivity (Wildman–Crippen MR) is 73.5 cm³/mol. The van der Waals surface area contributed by atoms with Crippen molar-refractivity contribution in [3.05, 3.63) is 35.9 Å². The summed E-state index contributed by atoms with van der Waals surface area (Å²) in [6.07, 6.45) is 4.11. The average molecular weight is 286 g/mol. The average Bonchev–Trinajstić information content (AvgIpc) is 2.41. The summed E-state index contributed by atoms with van der Waals surface area (Å²) >= 11 is 5.26. The van der Waals surface area contributed by atoms with E-state index in [0.29, 0.717) is 5.05 Å². The summed E-state index contributed by atoms with van der Waals surface area (Å²) in [4.78, 5) is 1.66. The van der Waals surface area contributed by atoms with Gasteiger partial charge in [-0.3, -0.25) is 0 Å². The molecule has 0 radical (unpaired) electrons. The molecule has 2 nitrogen and oxygen atoms in total. The van der Waals surface area contributed by atoms with Crippen LogP contribution in [0.3, 0.4) is 0 Å². The molecule has 0 bridgehead atoms. The van der Waals surface area contributed by atoms with Gasteiger partial charge in [0.25, 0.3) is 0 Å². The Morgan fingerprint density at radius 3 is 2.44 bits per heavy atom. The van der Waals surface area contributed by atoms with Gasteiger partial charge in [-0.15, -0.1) is 0 Å². The monoisotopic (exact) mass is 285 g/mol. The van der Waals surface area contributed by atoms with E-state index in [-0.39, 0.29) is 12.4 Å². The molecule has 0 saturated carbocycles. The molecule has 1 N–H and O–H groups in total. The lowest BCUT2D eigenvalue weighted by molar-refractivity contribution is -0.905. The minimum absolute atomic E-state index is 0. The lowest BCUT2D eigenvalue weighted by atomic mass is 10.1. The van der Waals surface area contributed by atoms with Gasteiger partial charge in [-0.05, 0) is 31.5 Å². The predicted octanol–water partition coefficient (Wildman–Crippen LogP) is -1.55. The fourth-order valence-corrected chi connectivity index (χ4v) is 2.47. The zero-order chi connectivity index (χ0) is 11.9. The van der Waals surface area contributed by atoms with Crippen LogP contribution in [0.4, 0.5) is 0 Å². The second-order valence-corrected chi connectivity index (χ2v) is 4.93. The van der Waals surface area contributed by atoms with Crippen molar-refractivity contribution in [2.75, 3.05) is 26.2 Å². The van der Waals surface area contributed by atoms with Crippen LogP contribution < -0.4 is 17.3 Å². The van der Waals surface area contributed by atoms with Crippen LogP contribution >= 0.6 is 12.2 Å². The number of hydrogen-bond donors (Lipinski definition) is 1. The Labute approximate surface area is 121 Å². The third-order valence-electron chi connectivity index (χ3n) is 3.26. The molecule has 1 aromatic carbocycles. The lowest BCUT2D eigenvalue weighted by Gasteiger charge is -2.23. The number of quaternary nitrogens is 1. The Hall–Kier alpha value is -0.640. The highest BCUT2D eigenvalue weighted by molar-refractivity contribution is 7.80. The van der Waals surface area contributed by atoms with Crippen LogP contribution in [0.1, 0.15) is 24.8 Å². The highest BCUT2D eigenvalue weighted by Crippen LogP contribution is 2.02. The molecule has 18 heavy (non-hydrogen) atoms. The van der Waals surface area contributed by atoms with E-state index in [9.17, 15) is 0 Å². The topological polar surface area (TPSA) is 13.7 Å². The quantitative estimate of drug-likeness (QED) is 0.674. The van der Waals surface area contributed by atoms with Crippen molar-refractivity contribution in [3.8, 4) is 0 Å². The van der Waals surface area contributed by atoms with Gasteiger partial charge in [-0.1, -0.05) is 30.3 Å². The van der Waals surface area contributed by atoms with Gasteiger partial charge >= 0.3 is 0 Å². The number of rotatable bonds is 4. The summed E-state index contributed by atoms with van der Waals surface area (Å²) in [5.74, 6) is 0. The summed E-state index contributed by atoms with van der Waals surface area (Å²) in [5.41, 5.74) is 1.01. The summed E-state index contributed by atoms with van der Waals surface area (Å²) < 4.78 is 5.64. The standard InChI is InChI=1S/C14H19NOS.ClH/c17-14(13-7-3-1-4-8-13)16-12-11-15-9-5-2-6-10-15;/h1,3-4,7-8H,2,5-6,9-12H2;1H. The Morgan fingerprint density at radius 2 is 1.78 bits per heavy atom. The molecule has 1 fully saturated rings. The van der Waals surface area contributed by atoms with Gasteiger partial charge in [-0.25, -0.2) is 0 Å². The summed E-state index contributed by atoms with van der Waals surface area (Å²) in [7, 11) is 0. The number of benzene rings is 1. The first kappa shape index (κ1) is 15.4. The Morgan fingerprint density at radius 1 is 1.11 bits per heavy atom. The van der Waals surface area contributed by atoms with Gasteiger partial charge in [-0.2, -0.15) is 0 Å². The van der Waals surface area contributed by atoms with Crippen LogP contribution in [0.15, 0.2) is 30.3 Å². The van der Waals surface area contributed by atoms with Crippen LogP contribution in [0.2, 0.25) is 0 Å². The molecular weight excluding hydrogens is 266 g/mol. The number of hydrogen-bond acceptors (Lipinski definition) is 2. The Bertz CT molecular complexity index is 352. The summed E-state index contributed by atoms with van der Waals surface area (Å²) in [6, 6.07) is 9.96. The van der Waals surface area contributed by atoms with Crippen molar-refractivity contribution in [3.63, 3.8) is 0 Å². The van der Waals surface area contributed by atoms with Crippen molar-refractivity contribution < 1.29 is 22.0 Å². The fraction of sp³-hybridized carbons (Fsp3) is 0.500. The van der Waals surface area contributed by atoms with E-state index >= 15 is 0 Å². The van der Waals surface area contributed by atoms with Gasteiger partial charge in [0.15, 0.2) is 5.05 Å². The Kier molecular flexibility index (Phi) is 7.25. The molecule has 2 rings (SSSR count). The largest absolute Gasteiger partial charge is 1.00 e. The van der Waals surface area contributed by atoms with E-state index in [2.05, 4.69) is 0 Å². The first-order chi connectivity index (χ1) is 8.36. The maximum Gasteiger partial charge on any atom is 0.191 e. The van der Waals surface area contributed by atoms with Crippen molar-refractivity contribution in [1.82, 2.24) is 0 Å². The molecule has 1 saturated heterocycles. The highest BCUT2D eigenvalue weighted by atomic mass is 35.5. The second kappa shape index (κ2) is 8.46. The molecule has 0 unspecified atom stereocenters. The van der Waals surface area contributed by atoms with Crippen molar-refractivity contribution in [2.45, 2.75) is 19.3 Å². The van der Waals surface area contributed by atoms with Crippen LogP contribution in [0.25, 0.3) is 0 Å². The van der Waals surface area contributed by atoms with Gasteiger partial charge in [0, 0.05) is 5.56 Å². The number of thiocarbonyl (C=S) groups is 1. The van der Waals surface area contributed by atoms with E-state index in [0.717, 1.165) is 18.7 Å². The smallest absolute Gasteiger partial charge is 0.191 e. The summed E-state index contributed by atoms with van der Waals surface area (Å²) in [5, 5.41) is 0.627. The second-order valence-electron chi connectivity index (χ2n) is 4.56. The molecule has 1 aliphatic heterocycles. The van der Waals surface area contributed by atoms with Gasteiger partial charge in [0.05, 0.1) is 13.1 Å². The molecular formula is C14H20ClNOS. The third kappa shape index (κ3) is 4.92. The van der Waals surface area contributed by atoms with E-state index < -0.39 is 0 Å². The molecule has 0 atom stereocenters. The molecule has 100 valence electrons. The van der Waals surface area contributed by atoms with Crippen molar-refractivity contribution in [2.24, 2.45) is 0 Å². The molecule has 0 aliphatic carbocycles. The number of nitrogens with one attached hydrogen (secondary N) is 1. The Balaban J connectivity index is 0.00000162. The summed E-state index contributed by atoms with van der Waals surface area (Å²) in [6.45, 7) is 4.40. The van der Waals surface area contributed by atoms with Gasteiger partial charge < -0.3 is 22.0 Å². The van der Waals surface area contributed by atoms with Crippen LogP contribution in [-0.4, -0.2) is 31.3 Å². The molecule has 4 heteroatoms. The number of piperidine rings is 1. The lowest BCUT2D eigenvalue weighted by Crippen LogP contribution is -3.13. The minimum atomic E-state index is 0. The normalized spacial score (nSPS) is 15.8. The van der Waals surface area contributed by atoms with E-state index in [1.807, 2.05) is 30.3 Å². The third-order valence-corrected chi connectivity index (χ3v) is 3.61. The molecule has 0 spiro atoms. The van der Waals surface area contributed by atoms with Crippen LogP contribution in [0, 0.1) is 0 Å². The first-order valence-corrected chi connectivity index (χ1v) is 6.83. The van der Waals surface area contributed by atoms with Crippen molar-refractivity contribution >= 4 is 17.3 Å². The number of ether oxygens (including phenoxy) is 1. The maximum atomic E-state index is 5.64. The molecule has 0 aromatic heterocycles. The zero-order valence-electron chi connectivity index (χ0n) is 10.5. The zero-order valence-corrected chi connectivity index (χ0v) is 12.1. The van der Waals surface area contributed by atoms with Gasteiger partial charge in [0.1, 0.15) is 13.2 Å².